The Hall–Kier alpha value is -2.31. The van der Waals surface area contributed by atoms with Gasteiger partial charge in [-0.15, -0.1) is 0 Å². The Kier molecular flexibility index (Phi) is 9.81. The normalized spacial score (nSPS) is 12.1. The van der Waals surface area contributed by atoms with Gasteiger partial charge in [0.25, 0.3) is 0 Å². The van der Waals surface area contributed by atoms with Gasteiger partial charge in [0.05, 0.1) is 17.0 Å². The van der Waals surface area contributed by atoms with Gasteiger partial charge >= 0.3 is 0 Å². The molecule has 0 N–H and O–H groups in total. The van der Waals surface area contributed by atoms with Crippen LogP contribution in [0, 0.1) is 13.8 Å². The van der Waals surface area contributed by atoms with Crippen LogP contribution in [0.15, 0.2) is 52.5 Å². The molecule has 3 aromatic rings. The quantitative estimate of drug-likeness (QED) is 0.234. The molecule has 2 heterocycles. The molecule has 35 heavy (non-hydrogen) atoms. The lowest BCUT2D eigenvalue weighted by Crippen LogP contribution is -2.28. The maximum Gasteiger partial charge on any atom is 0.209 e. The summed E-state index contributed by atoms with van der Waals surface area (Å²) in [7, 11) is -3.66. The van der Waals surface area contributed by atoms with Gasteiger partial charge in [-0.05, 0) is 93.6 Å². The van der Waals surface area contributed by atoms with E-state index in [1.165, 1.54) is 25.7 Å². The smallest absolute Gasteiger partial charge is 0.209 e. The third-order valence-corrected chi connectivity index (χ3v) is 8.49. The molecular formula is C29H42N2O3S. The fraction of sp³-hybridized carbons (Fsp3) is 0.517. The van der Waals surface area contributed by atoms with Crippen LogP contribution in [0.5, 0.6) is 5.75 Å². The summed E-state index contributed by atoms with van der Waals surface area (Å²) in [5, 5.41) is 0. The first-order valence-corrected chi connectivity index (χ1v) is 14.6. The largest absolute Gasteiger partial charge is 0.493 e. The van der Waals surface area contributed by atoms with E-state index in [9.17, 15) is 8.42 Å². The third kappa shape index (κ3) is 6.47. The second-order valence-corrected chi connectivity index (χ2v) is 11.4. The summed E-state index contributed by atoms with van der Waals surface area (Å²) < 4.78 is 35.6. The Balaban J connectivity index is 1.76. The molecular weight excluding hydrogens is 456 g/mol. The zero-order valence-corrected chi connectivity index (χ0v) is 23.0. The Morgan fingerprint density at radius 1 is 0.914 bits per heavy atom. The lowest BCUT2D eigenvalue weighted by atomic mass is 10.1. The van der Waals surface area contributed by atoms with Crippen LogP contribution in [-0.2, 0) is 16.3 Å². The molecule has 0 aliphatic carbocycles. The van der Waals surface area contributed by atoms with Gasteiger partial charge in [-0.3, -0.25) is 0 Å². The molecule has 2 aromatic heterocycles. The van der Waals surface area contributed by atoms with Crippen molar-refractivity contribution in [3.8, 4) is 5.75 Å². The number of hydrogen-bond donors (Lipinski definition) is 0. The first-order valence-electron chi connectivity index (χ1n) is 13.1. The summed E-state index contributed by atoms with van der Waals surface area (Å²) in [4.78, 5) is 3.28. The Bertz CT molecular complexity index is 1180. The van der Waals surface area contributed by atoms with Crippen molar-refractivity contribution in [2.24, 2.45) is 0 Å². The van der Waals surface area contributed by atoms with Crippen molar-refractivity contribution < 1.29 is 13.2 Å². The summed E-state index contributed by atoms with van der Waals surface area (Å²) in [5.74, 6) is 0.801. The Morgan fingerprint density at radius 2 is 1.54 bits per heavy atom. The molecule has 192 valence electrons. The van der Waals surface area contributed by atoms with E-state index in [1.54, 1.807) is 12.1 Å². The first-order chi connectivity index (χ1) is 16.8. The highest BCUT2D eigenvalue weighted by atomic mass is 32.2. The topological polar surface area (TPSA) is 51.0 Å². The van der Waals surface area contributed by atoms with Crippen molar-refractivity contribution in [3.63, 3.8) is 0 Å². The van der Waals surface area contributed by atoms with E-state index in [0.717, 1.165) is 54.0 Å². The van der Waals surface area contributed by atoms with Crippen molar-refractivity contribution in [1.82, 2.24) is 9.30 Å². The van der Waals surface area contributed by atoms with E-state index in [0.29, 0.717) is 22.8 Å². The van der Waals surface area contributed by atoms with Gasteiger partial charge in [-0.25, -0.2) is 8.42 Å². The van der Waals surface area contributed by atoms with E-state index in [4.69, 9.17) is 4.74 Å². The van der Waals surface area contributed by atoms with Crippen LogP contribution in [0.1, 0.15) is 69.6 Å². The predicted molar refractivity (Wildman–Crippen MR) is 145 cm³/mol. The molecule has 0 unspecified atom stereocenters. The highest BCUT2D eigenvalue weighted by molar-refractivity contribution is 7.91. The van der Waals surface area contributed by atoms with Crippen LogP contribution in [0.3, 0.4) is 0 Å². The minimum Gasteiger partial charge on any atom is -0.493 e. The lowest BCUT2D eigenvalue weighted by Gasteiger charge is -2.22. The number of aryl methyl sites for hydroxylation is 3. The third-order valence-electron chi connectivity index (χ3n) is 6.62. The molecule has 0 bridgehead atoms. The maximum atomic E-state index is 13.8. The number of hydrogen-bond acceptors (Lipinski definition) is 4. The van der Waals surface area contributed by atoms with Crippen molar-refractivity contribution in [3.05, 3.63) is 59.4 Å². The minimum atomic E-state index is -3.66. The van der Waals surface area contributed by atoms with Crippen molar-refractivity contribution in [1.29, 1.82) is 0 Å². The minimum absolute atomic E-state index is 0.330. The standard InChI is InChI=1S/C29H42N2O3S/c1-6-9-15-30(16-10-7-2)17-13-19-34-28-23(4)20-26(21-24(28)5)35(32,33)29-25(8-3)22-31-18-12-11-14-27(29)31/h11-12,14,18,20-22H,6-10,13,15-17,19H2,1-5H3. The van der Waals surface area contributed by atoms with Crippen LogP contribution < -0.4 is 4.74 Å². The second kappa shape index (κ2) is 12.6. The molecule has 6 heteroatoms. The van der Waals surface area contributed by atoms with E-state index in [1.807, 2.05) is 55.8 Å². The average molecular weight is 499 g/mol. The molecule has 0 saturated heterocycles. The molecule has 3 rings (SSSR count). The van der Waals surface area contributed by atoms with Gasteiger partial charge in [-0.2, -0.15) is 0 Å². The van der Waals surface area contributed by atoms with Crippen LogP contribution in [0.25, 0.3) is 5.52 Å². The highest BCUT2D eigenvalue weighted by Gasteiger charge is 2.26. The predicted octanol–water partition coefficient (Wildman–Crippen LogP) is 6.62. The number of aromatic nitrogens is 1. The van der Waals surface area contributed by atoms with Crippen LogP contribution in [-0.4, -0.2) is 44.0 Å². The number of ether oxygens (including phenoxy) is 1. The van der Waals surface area contributed by atoms with Gasteiger partial charge in [0, 0.05) is 18.9 Å². The SMILES string of the molecule is CCCCN(CCCC)CCCOc1c(C)cc(S(=O)(=O)c2c(CC)cn3ccccc23)cc1C. The van der Waals surface area contributed by atoms with Crippen molar-refractivity contribution >= 4 is 15.4 Å². The zero-order chi connectivity index (χ0) is 25.4. The first kappa shape index (κ1) is 27.3. The number of unbranched alkanes of at least 4 members (excludes halogenated alkanes) is 2. The summed E-state index contributed by atoms with van der Waals surface area (Å²) in [6, 6.07) is 9.19. The second-order valence-electron chi connectivity index (χ2n) is 9.47. The monoisotopic (exact) mass is 498 g/mol. The number of rotatable bonds is 14. The zero-order valence-electron chi connectivity index (χ0n) is 22.1. The Morgan fingerprint density at radius 3 is 2.14 bits per heavy atom. The fourth-order valence-electron chi connectivity index (χ4n) is 4.69. The number of fused-ring (bicyclic) bond motifs is 1. The summed E-state index contributed by atoms with van der Waals surface area (Å²) in [6.45, 7) is 14.3. The van der Waals surface area contributed by atoms with Gasteiger partial charge < -0.3 is 14.0 Å². The number of benzene rings is 1. The molecule has 0 atom stereocenters. The highest BCUT2D eigenvalue weighted by Crippen LogP contribution is 2.34. The van der Waals surface area contributed by atoms with Crippen LogP contribution >= 0.6 is 0 Å². The van der Waals surface area contributed by atoms with E-state index >= 15 is 0 Å². The maximum absolute atomic E-state index is 13.8. The molecule has 0 radical (unpaired) electrons. The molecule has 0 aliphatic rings. The number of sulfone groups is 1. The van der Waals surface area contributed by atoms with Crippen molar-refractivity contribution in [2.45, 2.75) is 82.9 Å². The molecule has 0 amide bonds. The molecule has 1 aromatic carbocycles. The lowest BCUT2D eigenvalue weighted by molar-refractivity contribution is 0.228. The molecule has 0 saturated carbocycles. The van der Waals surface area contributed by atoms with Gasteiger partial charge in [0.1, 0.15) is 10.6 Å². The van der Waals surface area contributed by atoms with Crippen LogP contribution in [0.4, 0.5) is 0 Å². The summed E-state index contributed by atoms with van der Waals surface area (Å²) in [6.07, 6.45) is 10.3. The number of nitrogens with zero attached hydrogens (tertiary/aromatic N) is 2. The molecule has 0 fully saturated rings. The summed E-state index contributed by atoms with van der Waals surface area (Å²) >= 11 is 0. The van der Waals surface area contributed by atoms with Gasteiger partial charge in [0.2, 0.25) is 9.84 Å². The van der Waals surface area contributed by atoms with E-state index < -0.39 is 9.84 Å². The average Bonchev–Trinajstić information content (AvgIpc) is 3.23. The fourth-order valence-corrected chi connectivity index (χ4v) is 6.58. The molecule has 0 aliphatic heterocycles. The van der Waals surface area contributed by atoms with Crippen LogP contribution in [0.2, 0.25) is 0 Å². The van der Waals surface area contributed by atoms with Crippen molar-refractivity contribution in [2.75, 3.05) is 26.2 Å². The Labute approximate surface area is 212 Å². The van der Waals surface area contributed by atoms with Gasteiger partial charge in [-0.1, -0.05) is 39.7 Å². The number of pyridine rings is 1. The molecule has 5 nitrogen and oxygen atoms in total. The van der Waals surface area contributed by atoms with E-state index in [-0.39, 0.29) is 0 Å². The summed E-state index contributed by atoms with van der Waals surface area (Å²) in [5.41, 5.74) is 3.27. The molecule has 0 spiro atoms. The van der Waals surface area contributed by atoms with Gasteiger partial charge in [0.15, 0.2) is 0 Å². The van der Waals surface area contributed by atoms with E-state index in [2.05, 4.69) is 18.7 Å².